The van der Waals surface area contributed by atoms with Crippen molar-refractivity contribution < 1.29 is 9.53 Å². The van der Waals surface area contributed by atoms with Crippen LogP contribution in [0.2, 0.25) is 0 Å². The van der Waals surface area contributed by atoms with E-state index >= 15 is 0 Å². The van der Waals surface area contributed by atoms with Gasteiger partial charge in [-0.2, -0.15) is 0 Å². The molecular weight excluding hydrogens is 278 g/mol. The molecule has 1 aliphatic heterocycles. The van der Waals surface area contributed by atoms with Crippen molar-refractivity contribution in [1.82, 2.24) is 14.8 Å². The van der Waals surface area contributed by atoms with Crippen LogP contribution in [-0.2, 0) is 11.3 Å². The molecular formula is C17H21N3O2. The lowest BCUT2D eigenvalue weighted by molar-refractivity contribution is 0.0775. The summed E-state index contributed by atoms with van der Waals surface area (Å²) in [5, 5.41) is 1.17. The molecule has 5 heteroatoms. The first-order valence-corrected chi connectivity index (χ1v) is 7.75. The molecule has 0 aliphatic carbocycles. The molecule has 1 aromatic heterocycles. The van der Waals surface area contributed by atoms with Crippen LogP contribution in [0.3, 0.4) is 0 Å². The molecule has 22 heavy (non-hydrogen) atoms. The molecule has 1 aliphatic rings. The maximum absolute atomic E-state index is 11.7. The van der Waals surface area contributed by atoms with Crippen molar-refractivity contribution in [2.45, 2.75) is 13.5 Å². The first-order chi connectivity index (χ1) is 10.8. The monoisotopic (exact) mass is 299 g/mol. The van der Waals surface area contributed by atoms with Crippen LogP contribution in [0.1, 0.15) is 12.6 Å². The number of piperazine rings is 1. The number of fused-ring (bicyclic) bond motifs is 1. The van der Waals surface area contributed by atoms with Crippen molar-refractivity contribution >= 4 is 17.0 Å². The minimum Gasteiger partial charge on any atom is -0.450 e. The van der Waals surface area contributed by atoms with E-state index in [4.69, 9.17) is 9.72 Å². The highest BCUT2D eigenvalue weighted by Gasteiger charge is 2.22. The number of rotatable bonds is 3. The standard InChI is InChI=1S/C17H21N3O2/c1-2-22-17(21)20-11-9-19(10-12-20)13-15-8-7-14-5-3-4-6-16(14)18-15/h3-8H,2,9-13H2,1H3. The van der Waals surface area contributed by atoms with Gasteiger partial charge in [-0.15, -0.1) is 0 Å². The van der Waals surface area contributed by atoms with Gasteiger partial charge in [0, 0.05) is 38.1 Å². The van der Waals surface area contributed by atoms with E-state index in [-0.39, 0.29) is 6.09 Å². The van der Waals surface area contributed by atoms with Gasteiger partial charge in [0.2, 0.25) is 0 Å². The van der Waals surface area contributed by atoms with Gasteiger partial charge >= 0.3 is 6.09 Å². The minimum absolute atomic E-state index is 0.203. The normalized spacial score (nSPS) is 16.0. The van der Waals surface area contributed by atoms with Crippen molar-refractivity contribution in [1.29, 1.82) is 0 Å². The summed E-state index contributed by atoms with van der Waals surface area (Å²) in [5.41, 5.74) is 2.11. The Morgan fingerprint density at radius 3 is 2.68 bits per heavy atom. The molecule has 1 fully saturated rings. The quantitative estimate of drug-likeness (QED) is 0.873. The summed E-state index contributed by atoms with van der Waals surface area (Å²) in [6.45, 7) is 6.22. The van der Waals surface area contributed by atoms with Crippen molar-refractivity contribution in [2.24, 2.45) is 0 Å². The van der Waals surface area contributed by atoms with E-state index in [9.17, 15) is 4.79 Å². The summed E-state index contributed by atoms with van der Waals surface area (Å²) >= 11 is 0. The van der Waals surface area contributed by atoms with Gasteiger partial charge in [0.25, 0.3) is 0 Å². The highest BCUT2D eigenvalue weighted by molar-refractivity contribution is 5.78. The summed E-state index contributed by atoms with van der Waals surface area (Å²) in [6, 6.07) is 12.4. The van der Waals surface area contributed by atoms with Crippen LogP contribution in [0.4, 0.5) is 4.79 Å². The molecule has 0 spiro atoms. The van der Waals surface area contributed by atoms with Gasteiger partial charge in [0.1, 0.15) is 0 Å². The molecule has 0 saturated carbocycles. The SMILES string of the molecule is CCOC(=O)N1CCN(Cc2ccc3ccccc3n2)CC1. The Bertz CT molecular complexity index is 651. The van der Waals surface area contributed by atoms with Crippen molar-refractivity contribution in [3.63, 3.8) is 0 Å². The van der Waals surface area contributed by atoms with E-state index in [1.807, 2.05) is 25.1 Å². The number of para-hydroxylation sites is 1. The Labute approximate surface area is 130 Å². The predicted molar refractivity (Wildman–Crippen MR) is 85.6 cm³/mol. The van der Waals surface area contributed by atoms with Crippen LogP contribution in [-0.4, -0.2) is 53.7 Å². The van der Waals surface area contributed by atoms with E-state index < -0.39 is 0 Å². The van der Waals surface area contributed by atoms with E-state index in [1.165, 1.54) is 5.39 Å². The lowest BCUT2D eigenvalue weighted by atomic mass is 10.2. The second kappa shape index (κ2) is 6.75. The lowest BCUT2D eigenvalue weighted by Gasteiger charge is -2.33. The third kappa shape index (κ3) is 3.36. The highest BCUT2D eigenvalue weighted by Crippen LogP contribution is 2.14. The predicted octanol–water partition coefficient (Wildman–Crippen LogP) is 2.51. The molecule has 0 radical (unpaired) electrons. The van der Waals surface area contributed by atoms with E-state index in [2.05, 4.69) is 23.1 Å². The Balaban J connectivity index is 1.58. The molecule has 5 nitrogen and oxygen atoms in total. The number of carbonyl (C=O) groups is 1. The summed E-state index contributed by atoms with van der Waals surface area (Å²) in [6.07, 6.45) is -0.203. The minimum atomic E-state index is -0.203. The molecule has 1 saturated heterocycles. The molecule has 3 rings (SSSR count). The summed E-state index contributed by atoms with van der Waals surface area (Å²) < 4.78 is 5.04. The van der Waals surface area contributed by atoms with E-state index in [1.54, 1.807) is 4.90 Å². The topological polar surface area (TPSA) is 45.7 Å². The second-order valence-electron chi connectivity index (χ2n) is 5.46. The Morgan fingerprint density at radius 2 is 1.91 bits per heavy atom. The van der Waals surface area contributed by atoms with Gasteiger partial charge in [-0.1, -0.05) is 24.3 Å². The molecule has 2 aromatic rings. The number of hydrogen-bond acceptors (Lipinski definition) is 4. The fourth-order valence-electron chi connectivity index (χ4n) is 2.73. The molecule has 0 atom stereocenters. The largest absolute Gasteiger partial charge is 0.450 e. The van der Waals surface area contributed by atoms with Gasteiger partial charge < -0.3 is 9.64 Å². The number of pyridine rings is 1. The Kier molecular flexibility index (Phi) is 4.53. The third-order valence-electron chi connectivity index (χ3n) is 3.94. The highest BCUT2D eigenvalue weighted by atomic mass is 16.6. The van der Waals surface area contributed by atoms with Crippen molar-refractivity contribution in [3.8, 4) is 0 Å². The maximum atomic E-state index is 11.7. The third-order valence-corrected chi connectivity index (χ3v) is 3.94. The number of hydrogen-bond donors (Lipinski definition) is 0. The van der Waals surface area contributed by atoms with E-state index in [0.29, 0.717) is 19.7 Å². The van der Waals surface area contributed by atoms with E-state index in [0.717, 1.165) is 30.8 Å². The van der Waals surface area contributed by atoms with Crippen LogP contribution in [0, 0.1) is 0 Å². The fourth-order valence-corrected chi connectivity index (χ4v) is 2.73. The zero-order valence-corrected chi connectivity index (χ0v) is 12.9. The first-order valence-electron chi connectivity index (χ1n) is 7.75. The number of amides is 1. The smallest absolute Gasteiger partial charge is 0.409 e. The van der Waals surface area contributed by atoms with Crippen LogP contribution in [0.15, 0.2) is 36.4 Å². The zero-order chi connectivity index (χ0) is 15.4. The fraction of sp³-hybridized carbons (Fsp3) is 0.412. The maximum Gasteiger partial charge on any atom is 0.409 e. The van der Waals surface area contributed by atoms with Crippen molar-refractivity contribution in [2.75, 3.05) is 32.8 Å². The molecule has 2 heterocycles. The number of carbonyl (C=O) groups excluding carboxylic acids is 1. The summed E-state index contributed by atoms with van der Waals surface area (Å²) in [7, 11) is 0. The number of benzene rings is 1. The van der Waals surface area contributed by atoms with Gasteiger partial charge in [-0.25, -0.2) is 4.79 Å². The van der Waals surface area contributed by atoms with Crippen LogP contribution in [0.25, 0.3) is 10.9 Å². The van der Waals surface area contributed by atoms with Gasteiger partial charge in [-0.3, -0.25) is 9.88 Å². The van der Waals surface area contributed by atoms with Gasteiger partial charge in [0.05, 0.1) is 17.8 Å². The number of ether oxygens (including phenoxy) is 1. The molecule has 0 unspecified atom stereocenters. The van der Waals surface area contributed by atoms with Gasteiger partial charge in [0.15, 0.2) is 0 Å². The average molecular weight is 299 g/mol. The first kappa shape index (κ1) is 14.8. The molecule has 0 bridgehead atoms. The molecule has 1 aromatic carbocycles. The Hall–Kier alpha value is -2.14. The van der Waals surface area contributed by atoms with Crippen molar-refractivity contribution in [3.05, 3.63) is 42.1 Å². The van der Waals surface area contributed by atoms with Crippen LogP contribution >= 0.6 is 0 Å². The summed E-state index contributed by atoms with van der Waals surface area (Å²) in [4.78, 5) is 20.5. The summed E-state index contributed by atoms with van der Waals surface area (Å²) in [5.74, 6) is 0. The number of nitrogens with zero attached hydrogens (tertiary/aromatic N) is 3. The number of aromatic nitrogens is 1. The molecule has 1 amide bonds. The Morgan fingerprint density at radius 1 is 1.14 bits per heavy atom. The molecule has 0 N–H and O–H groups in total. The zero-order valence-electron chi connectivity index (χ0n) is 12.9. The van der Waals surface area contributed by atoms with Gasteiger partial charge in [-0.05, 0) is 19.1 Å². The molecule has 116 valence electrons. The lowest BCUT2D eigenvalue weighted by Crippen LogP contribution is -2.48. The van der Waals surface area contributed by atoms with Crippen LogP contribution < -0.4 is 0 Å². The van der Waals surface area contributed by atoms with Crippen LogP contribution in [0.5, 0.6) is 0 Å². The second-order valence-corrected chi connectivity index (χ2v) is 5.46. The average Bonchev–Trinajstić information content (AvgIpc) is 2.56.